The number of halogens is 1. The van der Waals surface area contributed by atoms with Gasteiger partial charge in [-0.3, -0.25) is 14.8 Å². The number of hydrogen-bond acceptors (Lipinski definition) is 7. The Balaban J connectivity index is 1.47. The molecule has 4 rings (SSSR count). The Morgan fingerprint density at radius 3 is 2.44 bits per heavy atom. The lowest BCUT2D eigenvalue weighted by Gasteiger charge is -2.36. The van der Waals surface area contributed by atoms with Gasteiger partial charge in [-0.25, -0.2) is 17.8 Å². The monoisotopic (exact) mass is 509 g/mol. The highest BCUT2D eigenvalue weighted by Gasteiger charge is 2.41. The summed E-state index contributed by atoms with van der Waals surface area (Å²) in [6, 6.07) is 14.8. The van der Waals surface area contributed by atoms with E-state index in [0.29, 0.717) is 0 Å². The lowest BCUT2D eigenvalue weighted by atomic mass is 9.78. The predicted molar refractivity (Wildman–Crippen MR) is 136 cm³/mol. The number of sulfonamides is 1. The summed E-state index contributed by atoms with van der Waals surface area (Å²) in [5, 5.41) is 13.7. The summed E-state index contributed by atoms with van der Waals surface area (Å²) in [6.45, 7) is 3.46. The summed E-state index contributed by atoms with van der Waals surface area (Å²) in [7, 11) is -4.06. The molecule has 3 aromatic rings. The molecule has 0 amide bonds. The van der Waals surface area contributed by atoms with Gasteiger partial charge in [0.05, 0.1) is 15.9 Å². The third-order valence-electron chi connectivity index (χ3n) is 6.01. The van der Waals surface area contributed by atoms with Crippen LogP contribution in [0.4, 0.5) is 21.8 Å². The van der Waals surface area contributed by atoms with Gasteiger partial charge in [-0.2, -0.15) is 4.98 Å². The van der Waals surface area contributed by atoms with Crippen molar-refractivity contribution in [3.8, 4) is 0 Å². The molecule has 11 heteroatoms. The molecule has 1 aliphatic carbocycles. The van der Waals surface area contributed by atoms with Gasteiger partial charge in [-0.1, -0.05) is 49.4 Å². The Hall–Kier alpha value is -4.12. The van der Waals surface area contributed by atoms with Crippen molar-refractivity contribution in [2.24, 2.45) is 5.92 Å². The molecule has 1 aromatic heterocycles. The first-order valence-corrected chi connectivity index (χ1v) is 12.6. The first-order valence-electron chi connectivity index (χ1n) is 11.1. The average molecular weight is 510 g/mol. The number of nitro benzene ring substituents is 1. The Labute approximate surface area is 208 Å². The molecular weight excluding hydrogens is 485 g/mol. The zero-order valence-corrected chi connectivity index (χ0v) is 20.3. The Kier molecular flexibility index (Phi) is 6.84. The van der Waals surface area contributed by atoms with Crippen molar-refractivity contribution in [3.63, 3.8) is 0 Å². The summed E-state index contributed by atoms with van der Waals surface area (Å²) < 4.78 is 43.7. The quantitative estimate of drug-likeness (QED) is 0.324. The maximum Gasteiger partial charge on any atom is 0.269 e. The number of benzene rings is 2. The largest absolute Gasteiger partial charge is 0.348 e. The van der Waals surface area contributed by atoms with Crippen LogP contribution >= 0.6 is 0 Å². The number of nitrogens with zero attached hydrogens (tertiary/aromatic N) is 3. The first kappa shape index (κ1) is 25.0. The van der Waals surface area contributed by atoms with Crippen LogP contribution in [-0.4, -0.2) is 35.0 Å². The molecule has 0 spiro atoms. The van der Waals surface area contributed by atoms with Crippen LogP contribution in [0.15, 0.2) is 90.0 Å². The molecular formula is C25H24FN5O4S. The number of allylic oxidation sites excluding steroid dienone is 3. The van der Waals surface area contributed by atoms with Crippen LogP contribution in [-0.2, 0) is 10.0 Å². The molecule has 186 valence electrons. The molecule has 2 aromatic carbocycles. The fourth-order valence-corrected chi connectivity index (χ4v) is 4.92. The van der Waals surface area contributed by atoms with Crippen LogP contribution < -0.4 is 10.0 Å². The number of nitrogens with one attached hydrogen (secondary N) is 2. The Morgan fingerprint density at radius 1 is 1.11 bits per heavy atom. The summed E-state index contributed by atoms with van der Waals surface area (Å²) in [5.41, 5.74) is -0.0361. The van der Waals surface area contributed by atoms with Gasteiger partial charge in [0, 0.05) is 24.2 Å². The summed E-state index contributed by atoms with van der Waals surface area (Å²) in [6.07, 6.45) is 6.50. The van der Waals surface area contributed by atoms with E-state index in [0.717, 1.165) is 35.4 Å². The maximum atomic E-state index is 16.0. The van der Waals surface area contributed by atoms with Crippen molar-refractivity contribution in [2.75, 3.05) is 10.0 Å². The third kappa shape index (κ3) is 5.25. The number of alkyl halides is 1. The fourth-order valence-electron chi connectivity index (χ4n) is 3.92. The molecule has 0 saturated carbocycles. The van der Waals surface area contributed by atoms with Crippen LogP contribution in [0.3, 0.4) is 0 Å². The molecule has 0 radical (unpaired) electrons. The highest BCUT2D eigenvalue weighted by Crippen LogP contribution is 2.37. The molecule has 36 heavy (non-hydrogen) atoms. The van der Waals surface area contributed by atoms with Crippen LogP contribution in [0.5, 0.6) is 0 Å². The third-order valence-corrected chi connectivity index (χ3v) is 7.39. The van der Waals surface area contributed by atoms with E-state index >= 15 is 4.39 Å². The number of non-ortho nitro benzene ring substituents is 1. The van der Waals surface area contributed by atoms with Crippen LogP contribution in [0, 0.1) is 16.0 Å². The van der Waals surface area contributed by atoms with Crippen LogP contribution in [0.2, 0.25) is 0 Å². The lowest BCUT2D eigenvalue weighted by Crippen LogP contribution is -2.45. The number of nitro groups is 1. The van der Waals surface area contributed by atoms with Gasteiger partial charge in [-0.05, 0) is 42.3 Å². The zero-order chi connectivity index (χ0) is 25.9. The van der Waals surface area contributed by atoms with E-state index in [-0.39, 0.29) is 22.3 Å². The topological polar surface area (TPSA) is 127 Å². The van der Waals surface area contributed by atoms with Gasteiger partial charge < -0.3 is 5.32 Å². The van der Waals surface area contributed by atoms with Gasteiger partial charge in [0.15, 0.2) is 5.67 Å². The molecule has 9 nitrogen and oxygen atoms in total. The standard InChI is InChI=1S/C25H24FN5O4S/c1-17-16-20(19-6-4-3-5-7-19)12-14-25(17,26)18(2)28-24-27-15-13-23(29-24)30-36(34,35)22-10-8-21(9-11-22)31(32)33/h3-18H,1-2H3,(H2,27,28,29,30). The molecule has 1 aliphatic rings. The predicted octanol–water partition coefficient (Wildman–Crippen LogP) is 4.98. The SMILES string of the molecule is CC1C=C(c2ccccc2)C=CC1(F)C(C)Nc1nccc(NS(=O)(=O)c2ccc([N+](=O)[O-])cc2)n1. The molecule has 0 bridgehead atoms. The van der Waals surface area contributed by atoms with E-state index in [1.165, 1.54) is 18.3 Å². The van der Waals surface area contributed by atoms with Crippen LogP contribution in [0.1, 0.15) is 19.4 Å². The first-order chi connectivity index (χ1) is 17.1. The van der Waals surface area contributed by atoms with Gasteiger partial charge in [0.25, 0.3) is 15.7 Å². The minimum atomic E-state index is -4.06. The van der Waals surface area contributed by atoms with Crippen molar-refractivity contribution >= 4 is 33.0 Å². The van der Waals surface area contributed by atoms with Crippen molar-refractivity contribution < 1.29 is 17.7 Å². The molecule has 1 heterocycles. The number of rotatable bonds is 8. The van der Waals surface area contributed by atoms with Gasteiger partial charge in [-0.15, -0.1) is 0 Å². The number of anilines is 2. The highest BCUT2D eigenvalue weighted by molar-refractivity contribution is 7.92. The smallest absolute Gasteiger partial charge is 0.269 e. The molecule has 3 atom stereocenters. The van der Waals surface area contributed by atoms with Crippen LogP contribution in [0.25, 0.3) is 5.57 Å². The van der Waals surface area contributed by atoms with Gasteiger partial charge in [0.1, 0.15) is 5.82 Å². The fraction of sp³-hybridized carbons (Fsp3) is 0.200. The Bertz CT molecular complexity index is 1430. The minimum Gasteiger partial charge on any atom is -0.348 e. The van der Waals surface area contributed by atoms with E-state index in [2.05, 4.69) is 20.0 Å². The van der Waals surface area contributed by atoms with Crippen molar-refractivity contribution in [1.82, 2.24) is 9.97 Å². The van der Waals surface area contributed by atoms with Crippen molar-refractivity contribution in [3.05, 3.63) is 101 Å². The molecule has 0 saturated heterocycles. The second kappa shape index (κ2) is 9.86. The number of hydrogen-bond donors (Lipinski definition) is 2. The average Bonchev–Trinajstić information content (AvgIpc) is 2.86. The molecule has 3 unspecified atom stereocenters. The van der Waals surface area contributed by atoms with E-state index in [1.807, 2.05) is 36.4 Å². The summed E-state index contributed by atoms with van der Waals surface area (Å²) in [4.78, 5) is 18.3. The summed E-state index contributed by atoms with van der Waals surface area (Å²) >= 11 is 0. The van der Waals surface area contributed by atoms with Crippen molar-refractivity contribution in [1.29, 1.82) is 0 Å². The van der Waals surface area contributed by atoms with E-state index in [4.69, 9.17) is 0 Å². The molecule has 0 fully saturated rings. The van der Waals surface area contributed by atoms with E-state index in [9.17, 15) is 18.5 Å². The van der Waals surface area contributed by atoms with E-state index < -0.39 is 32.6 Å². The maximum absolute atomic E-state index is 16.0. The highest BCUT2D eigenvalue weighted by atomic mass is 32.2. The Morgan fingerprint density at radius 2 is 1.81 bits per heavy atom. The normalized spacial score (nSPS) is 20.3. The van der Waals surface area contributed by atoms with Crippen molar-refractivity contribution in [2.45, 2.75) is 30.5 Å². The second-order valence-electron chi connectivity index (χ2n) is 8.43. The molecule has 0 aliphatic heterocycles. The van der Waals surface area contributed by atoms with Gasteiger partial charge >= 0.3 is 0 Å². The lowest BCUT2D eigenvalue weighted by molar-refractivity contribution is -0.384. The minimum absolute atomic E-state index is 0.0375. The number of aromatic nitrogens is 2. The second-order valence-corrected chi connectivity index (χ2v) is 10.1. The van der Waals surface area contributed by atoms with E-state index in [1.54, 1.807) is 19.9 Å². The van der Waals surface area contributed by atoms with Gasteiger partial charge in [0.2, 0.25) is 5.95 Å². The zero-order valence-electron chi connectivity index (χ0n) is 19.5. The summed E-state index contributed by atoms with van der Waals surface area (Å²) in [5.74, 6) is -0.449. The molecule has 2 N–H and O–H groups in total.